The van der Waals surface area contributed by atoms with E-state index in [2.05, 4.69) is 15.1 Å². The van der Waals surface area contributed by atoms with E-state index in [0.29, 0.717) is 6.42 Å². The second-order valence-electron chi connectivity index (χ2n) is 8.05. The number of nitrogens with one attached hydrogen (secondary N) is 2. The van der Waals surface area contributed by atoms with Crippen molar-refractivity contribution in [3.63, 3.8) is 0 Å². The molecule has 3 N–H and O–H groups in total. The van der Waals surface area contributed by atoms with E-state index in [0.717, 1.165) is 12.1 Å². The average Bonchev–Trinajstić information content (AvgIpc) is 3.15. The van der Waals surface area contributed by atoms with Gasteiger partial charge in [0.1, 0.15) is 16.5 Å². The quantitative estimate of drug-likeness (QED) is 0.366. The van der Waals surface area contributed by atoms with E-state index in [9.17, 15) is 27.5 Å². The predicted octanol–water partition coefficient (Wildman–Crippen LogP) is 4.17. The number of aromatic nitrogens is 2. The summed E-state index contributed by atoms with van der Waals surface area (Å²) in [6, 6.07) is 8.55. The Bertz CT molecular complexity index is 1390. The first-order chi connectivity index (χ1) is 17.0. The van der Waals surface area contributed by atoms with Crippen molar-refractivity contribution in [3.8, 4) is 11.6 Å². The normalized spacial score (nSPS) is 12.2. The van der Waals surface area contributed by atoms with Crippen LogP contribution in [-0.2, 0) is 16.6 Å². The van der Waals surface area contributed by atoms with Crippen LogP contribution < -0.4 is 14.8 Å². The van der Waals surface area contributed by atoms with Gasteiger partial charge < -0.3 is 15.2 Å². The van der Waals surface area contributed by atoms with Crippen LogP contribution in [0.4, 0.5) is 10.1 Å². The number of rotatable bonds is 10. The second kappa shape index (κ2) is 10.9. The molecule has 2 aromatic carbocycles. The first kappa shape index (κ1) is 26.8. The van der Waals surface area contributed by atoms with Gasteiger partial charge in [-0.15, -0.1) is 0 Å². The summed E-state index contributed by atoms with van der Waals surface area (Å²) in [5.74, 6) is -2.30. The van der Waals surface area contributed by atoms with Gasteiger partial charge in [0.25, 0.3) is 5.91 Å². The van der Waals surface area contributed by atoms with E-state index in [1.165, 1.54) is 41.9 Å². The molecule has 0 saturated heterocycles. The summed E-state index contributed by atoms with van der Waals surface area (Å²) in [6.07, 6.45) is 0.528. The first-order valence-electron chi connectivity index (χ1n) is 11.2. The van der Waals surface area contributed by atoms with Crippen molar-refractivity contribution in [2.24, 2.45) is 0 Å². The van der Waals surface area contributed by atoms with Crippen molar-refractivity contribution in [2.75, 3.05) is 5.32 Å². The lowest BCUT2D eigenvalue weighted by Crippen LogP contribution is -2.32. The highest BCUT2D eigenvalue weighted by atomic mass is 32.2. The van der Waals surface area contributed by atoms with Gasteiger partial charge >= 0.3 is 5.97 Å². The molecule has 192 valence electrons. The van der Waals surface area contributed by atoms with Crippen molar-refractivity contribution in [3.05, 3.63) is 65.1 Å². The highest BCUT2D eigenvalue weighted by Gasteiger charge is 2.26. The van der Waals surface area contributed by atoms with E-state index in [4.69, 9.17) is 4.74 Å². The summed E-state index contributed by atoms with van der Waals surface area (Å²) in [5, 5.41) is 16.0. The minimum absolute atomic E-state index is 0.0815. The largest absolute Gasteiger partial charge is 0.476 e. The SMILES string of the molecule is CC[C@H](C)NS(=O)(=O)c1cc(NC(=O)c2ccc(F)cc2)ccc1Oc1c(C)c(C(=O)O)nn1CC. The number of amides is 1. The van der Waals surface area contributed by atoms with Crippen LogP contribution in [0.1, 0.15) is 53.6 Å². The van der Waals surface area contributed by atoms with Crippen LogP contribution in [-0.4, -0.2) is 41.2 Å². The molecular formula is C24H27FN4O6S. The van der Waals surface area contributed by atoms with E-state index in [-0.39, 0.29) is 51.6 Å². The van der Waals surface area contributed by atoms with E-state index < -0.39 is 27.7 Å². The maximum atomic E-state index is 13.2. The maximum absolute atomic E-state index is 13.2. The molecule has 3 aromatic rings. The van der Waals surface area contributed by atoms with Crippen LogP contribution in [0.3, 0.4) is 0 Å². The second-order valence-corrected chi connectivity index (χ2v) is 9.74. The summed E-state index contributed by atoms with van der Waals surface area (Å²) >= 11 is 0. The van der Waals surface area contributed by atoms with E-state index in [1.54, 1.807) is 13.8 Å². The number of anilines is 1. The first-order valence-corrected chi connectivity index (χ1v) is 12.7. The number of hydrogen-bond acceptors (Lipinski definition) is 6. The maximum Gasteiger partial charge on any atom is 0.356 e. The zero-order valence-corrected chi connectivity index (χ0v) is 21.0. The highest BCUT2D eigenvalue weighted by Crippen LogP contribution is 2.34. The fourth-order valence-corrected chi connectivity index (χ4v) is 4.76. The van der Waals surface area contributed by atoms with Gasteiger partial charge in [-0.2, -0.15) is 5.10 Å². The van der Waals surface area contributed by atoms with Crippen LogP contribution in [0.25, 0.3) is 0 Å². The molecule has 0 spiro atoms. The van der Waals surface area contributed by atoms with Gasteiger partial charge in [0.05, 0.1) is 0 Å². The lowest BCUT2D eigenvalue weighted by Gasteiger charge is -2.17. The molecular weight excluding hydrogens is 491 g/mol. The Morgan fingerprint density at radius 3 is 2.42 bits per heavy atom. The molecule has 1 heterocycles. The topological polar surface area (TPSA) is 140 Å². The molecule has 0 aliphatic heterocycles. The molecule has 0 aliphatic carbocycles. The van der Waals surface area contributed by atoms with Crippen molar-refractivity contribution < 1.29 is 32.2 Å². The number of aromatic carboxylic acids is 1. The van der Waals surface area contributed by atoms with Gasteiger partial charge in [-0.3, -0.25) is 4.79 Å². The third kappa shape index (κ3) is 5.89. The molecule has 0 bridgehead atoms. The number of hydrogen-bond donors (Lipinski definition) is 3. The molecule has 3 rings (SSSR count). The number of benzene rings is 2. The van der Waals surface area contributed by atoms with Crippen molar-refractivity contribution >= 4 is 27.6 Å². The van der Waals surface area contributed by atoms with Crippen LogP contribution >= 0.6 is 0 Å². The molecule has 1 aromatic heterocycles. The number of carboxylic acids is 1. The Balaban J connectivity index is 2.05. The van der Waals surface area contributed by atoms with Gasteiger partial charge in [0.2, 0.25) is 15.9 Å². The molecule has 1 atom stereocenters. The molecule has 0 saturated carbocycles. The van der Waals surface area contributed by atoms with Gasteiger partial charge in [-0.05, 0) is 69.7 Å². The van der Waals surface area contributed by atoms with Crippen molar-refractivity contribution in [2.45, 2.75) is 51.6 Å². The zero-order valence-electron chi connectivity index (χ0n) is 20.2. The third-order valence-corrected chi connectivity index (χ3v) is 7.02. The Morgan fingerprint density at radius 1 is 1.17 bits per heavy atom. The number of sulfonamides is 1. The van der Waals surface area contributed by atoms with Crippen LogP contribution in [0.2, 0.25) is 0 Å². The standard InChI is InChI=1S/C24H27FN4O6S/c1-5-14(3)28-36(33,34)20-13-18(26-22(30)16-7-9-17(25)10-8-16)11-12-19(20)35-23-15(4)21(24(31)32)27-29(23)6-2/h7-14,28H,5-6H2,1-4H3,(H,26,30)(H,31,32)/t14-/m0/s1. The van der Waals surface area contributed by atoms with E-state index in [1.807, 2.05) is 6.92 Å². The minimum atomic E-state index is -4.11. The number of nitrogens with zero attached hydrogens (tertiary/aromatic N) is 2. The highest BCUT2D eigenvalue weighted by molar-refractivity contribution is 7.89. The molecule has 10 nitrogen and oxygen atoms in total. The Hall–Kier alpha value is -3.77. The van der Waals surface area contributed by atoms with Crippen LogP contribution in [0.5, 0.6) is 11.6 Å². The average molecular weight is 519 g/mol. The van der Waals surface area contributed by atoms with Gasteiger partial charge in [0, 0.05) is 29.4 Å². The Morgan fingerprint density at radius 2 is 1.83 bits per heavy atom. The number of halogens is 1. The molecule has 0 radical (unpaired) electrons. The fourth-order valence-electron chi connectivity index (χ4n) is 3.28. The van der Waals surface area contributed by atoms with Crippen LogP contribution in [0, 0.1) is 12.7 Å². The number of carboxylic acid groups (broad SMARTS) is 1. The number of ether oxygens (including phenoxy) is 1. The number of carbonyl (C=O) groups excluding carboxylic acids is 1. The molecule has 0 fully saturated rings. The van der Waals surface area contributed by atoms with Gasteiger partial charge in [-0.25, -0.2) is 27.0 Å². The molecule has 36 heavy (non-hydrogen) atoms. The van der Waals surface area contributed by atoms with Crippen molar-refractivity contribution in [1.29, 1.82) is 0 Å². The third-order valence-electron chi connectivity index (χ3n) is 5.41. The Labute approximate surface area is 208 Å². The molecule has 0 unspecified atom stereocenters. The number of carbonyl (C=O) groups is 2. The van der Waals surface area contributed by atoms with Crippen molar-refractivity contribution in [1.82, 2.24) is 14.5 Å². The Kier molecular flexibility index (Phi) is 8.10. The predicted molar refractivity (Wildman–Crippen MR) is 131 cm³/mol. The number of aryl methyl sites for hydroxylation is 1. The summed E-state index contributed by atoms with van der Waals surface area (Å²) in [5.41, 5.74) is 0.365. The lowest BCUT2D eigenvalue weighted by atomic mass is 10.2. The van der Waals surface area contributed by atoms with Gasteiger partial charge in [-0.1, -0.05) is 6.92 Å². The van der Waals surface area contributed by atoms with E-state index >= 15 is 0 Å². The summed E-state index contributed by atoms with van der Waals surface area (Å²) in [4.78, 5) is 23.8. The lowest BCUT2D eigenvalue weighted by molar-refractivity contribution is 0.0688. The monoisotopic (exact) mass is 518 g/mol. The minimum Gasteiger partial charge on any atom is -0.476 e. The zero-order chi connectivity index (χ0) is 26.6. The molecule has 0 aliphatic rings. The summed E-state index contributed by atoms with van der Waals surface area (Å²) in [6.45, 7) is 7.05. The van der Waals surface area contributed by atoms with Gasteiger partial charge in [0.15, 0.2) is 5.69 Å². The molecule has 1 amide bonds. The summed E-state index contributed by atoms with van der Waals surface area (Å²) in [7, 11) is -4.11. The smallest absolute Gasteiger partial charge is 0.356 e. The molecule has 12 heteroatoms. The van der Waals surface area contributed by atoms with Crippen LogP contribution in [0.15, 0.2) is 47.4 Å². The summed E-state index contributed by atoms with van der Waals surface area (Å²) < 4.78 is 49.5. The fraction of sp³-hybridized carbons (Fsp3) is 0.292.